The summed E-state index contributed by atoms with van der Waals surface area (Å²) < 4.78 is 24.8. The smallest absolute Gasteiger partial charge is 0.179 e. The van der Waals surface area contributed by atoms with Crippen LogP contribution < -0.4 is 0 Å². The fraction of sp³-hybridized carbons (Fsp3) is 0.417. The second-order valence-corrected chi connectivity index (χ2v) is 6.64. The lowest BCUT2D eigenvalue weighted by Crippen LogP contribution is -2.15. The van der Waals surface area contributed by atoms with Crippen LogP contribution in [0.1, 0.15) is 27.8 Å². The summed E-state index contributed by atoms with van der Waals surface area (Å²) in [5.74, 6) is -0.151. The Kier molecular flexibility index (Phi) is 3.38. The van der Waals surface area contributed by atoms with E-state index in [0.29, 0.717) is 5.56 Å². The number of carbonyl (C=O) groups excluding carboxylic acids is 1. The summed E-state index contributed by atoms with van der Waals surface area (Å²) in [7, 11) is -3.11. The molecule has 0 radical (unpaired) electrons. The van der Waals surface area contributed by atoms with E-state index < -0.39 is 9.84 Å². The molecule has 1 aliphatic heterocycles. The number of Topliss-reactive ketones (excluding diaryl/α,β-unsaturated/α-hetero) is 1. The number of hydrogen-bond donors (Lipinski definition) is 0. The number of alkyl halides is 1. The van der Waals surface area contributed by atoms with Crippen LogP contribution in [0.3, 0.4) is 0 Å². The average Bonchev–Trinajstić information content (AvgIpc) is 2.78. The van der Waals surface area contributed by atoms with E-state index in [1.54, 1.807) is 12.1 Å². The number of carbonyl (C=O) groups is 1. The van der Waals surface area contributed by atoms with Crippen molar-refractivity contribution in [1.29, 1.82) is 0 Å². The number of nitrogens with zero attached hydrogens (tertiary/aromatic N) is 1. The maximum absolute atomic E-state index is 11.7. The van der Waals surface area contributed by atoms with E-state index in [-0.39, 0.29) is 23.5 Å². The zero-order chi connectivity index (χ0) is 13.5. The lowest BCUT2D eigenvalue weighted by molar-refractivity contribution is 0.102. The standard InChI is InChI=1S/C12H14ClNO3S/c1-8-5-11(12(15)6-13)9(2)14(8)10-3-4-18(16,17)7-10/h3-5,10H,6-7H2,1-2H3. The molecule has 0 aromatic carbocycles. The van der Waals surface area contributed by atoms with E-state index in [9.17, 15) is 13.2 Å². The molecule has 2 rings (SSSR count). The highest BCUT2D eigenvalue weighted by Gasteiger charge is 2.26. The maximum atomic E-state index is 11.7. The molecule has 0 saturated carbocycles. The molecular formula is C12H14ClNO3S. The monoisotopic (exact) mass is 287 g/mol. The Bertz CT molecular complexity index is 628. The van der Waals surface area contributed by atoms with E-state index in [1.165, 1.54) is 5.41 Å². The van der Waals surface area contributed by atoms with Gasteiger partial charge >= 0.3 is 0 Å². The molecule has 1 atom stereocenters. The molecule has 1 aliphatic rings. The van der Waals surface area contributed by atoms with Crippen molar-refractivity contribution in [2.75, 3.05) is 11.6 Å². The van der Waals surface area contributed by atoms with Gasteiger partial charge in [0, 0.05) is 22.4 Å². The number of sulfone groups is 1. The number of aromatic nitrogens is 1. The Morgan fingerprint density at radius 3 is 2.67 bits per heavy atom. The van der Waals surface area contributed by atoms with Crippen LogP contribution in [0.25, 0.3) is 0 Å². The molecule has 0 saturated heterocycles. The third-order valence-electron chi connectivity index (χ3n) is 3.15. The minimum Gasteiger partial charge on any atom is -0.341 e. The average molecular weight is 288 g/mol. The Balaban J connectivity index is 2.45. The lowest BCUT2D eigenvalue weighted by Gasteiger charge is -2.15. The van der Waals surface area contributed by atoms with Gasteiger partial charge in [-0.15, -0.1) is 11.6 Å². The molecule has 1 aromatic rings. The van der Waals surface area contributed by atoms with E-state index >= 15 is 0 Å². The topological polar surface area (TPSA) is 56.1 Å². The van der Waals surface area contributed by atoms with Crippen molar-refractivity contribution in [3.63, 3.8) is 0 Å². The summed E-state index contributed by atoms with van der Waals surface area (Å²) >= 11 is 5.56. The molecule has 2 heterocycles. The summed E-state index contributed by atoms with van der Waals surface area (Å²) in [4.78, 5) is 11.7. The normalized spacial score (nSPS) is 21.4. The van der Waals surface area contributed by atoms with Crippen LogP contribution in [-0.4, -0.2) is 30.4 Å². The minimum absolute atomic E-state index is 0.0534. The maximum Gasteiger partial charge on any atom is 0.179 e. The minimum atomic E-state index is -3.11. The first-order valence-electron chi connectivity index (χ1n) is 5.54. The lowest BCUT2D eigenvalue weighted by atomic mass is 10.2. The molecule has 98 valence electrons. The number of hydrogen-bond acceptors (Lipinski definition) is 3. The number of aryl methyl sites for hydroxylation is 1. The highest BCUT2D eigenvalue weighted by molar-refractivity contribution is 7.94. The van der Waals surface area contributed by atoms with Gasteiger partial charge < -0.3 is 4.57 Å². The van der Waals surface area contributed by atoms with Gasteiger partial charge in [-0.1, -0.05) is 0 Å². The number of ketones is 1. The van der Waals surface area contributed by atoms with Gasteiger partial charge in [0.05, 0.1) is 17.7 Å². The molecule has 18 heavy (non-hydrogen) atoms. The van der Waals surface area contributed by atoms with E-state index in [4.69, 9.17) is 11.6 Å². The van der Waals surface area contributed by atoms with Gasteiger partial charge in [-0.25, -0.2) is 8.42 Å². The van der Waals surface area contributed by atoms with Crippen LogP contribution in [0.4, 0.5) is 0 Å². The van der Waals surface area contributed by atoms with Crippen molar-refractivity contribution in [1.82, 2.24) is 4.57 Å². The molecule has 0 spiro atoms. The van der Waals surface area contributed by atoms with Crippen molar-refractivity contribution in [2.24, 2.45) is 0 Å². The van der Waals surface area contributed by atoms with Crippen molar-refractivity contribution in [3.8, 4) is 0 Å². The van der Waals surface area contributed by atoms with Gasteiger partial charge in [0.15, 0.2) is 15.6 Å². The van der Waals surface area contributed by atoms with Crippen LogP contribution in [0.5, 0.6) is 0 Å². The quantitative estimate of drug-likeness (QED) is 0.631. The predicted octanol–water partition coefficient (Wildman–Crippen LogP) is 2.01. The van der Waals surface area contributed by atoms with Gasteiger partial charge in [-0.2, -0.15) is 0 Å². The highest BCUT2D eigenvalue weighted by atomic mass is 35.5. The van der Waals surface area contributed by atoms with E-state index in [0.717, 1.165) is 11.4 Å². The molecule has 0 fully saturated rings. The van der Waals surface area contributed by atoms with Crippen molar-refractivity contribution in [2.45, 2.75) is 19.9 Å². The van der Waals surface area contributed by atoms with Crippen LogP contribution in [0.15, 0.2) is 17.6 Å². The fourth-order valence-electron chi connectivity index (χ4n) is 2.36. The summed E-state index contributed by atoms with van der Waals surface area (Å²) in [5.41, 5.74) is 2.21. The zero-order valence-electron chi connectivity index (χ0n) is 10.2. The molecule has 0 amide bonds. The summed E-state index contributed by atoms with van der Waals surface area (Å²) in [6.07, 6.45) is 1.66. The van der Waals surface area contributed by atoms with Crippen LogP contribution >= 0.6 is 11.6 Å². The molecule has 0 bridgehead atoms. The second-order valence-electron chi connectivity index (χ2n) is 4.44. The van der Waals surface area contributed by atoms with Crippen molar-refractivity contribution >= 4 is 27.2 Å². The Hall–Kier alpha value is -1.07. The predicted molar refractivity (Wildman–Crippen MR) is 70.9 cm³/mol. The first kappa shape index (κ1) is 13.4. The van der Waals surface area contributed by atoms with Crippen LogP contribution in [0, 0.1) is 13.8 Å². The van der Waals surface area contributed by atoms with Crippen molar-refractivity contribution < 1.29 is 13.2 Å². The van der Waals surface area contributed by atoms with Gasteiger partial charge in [0.1, 0.15) is 0 Å². The summed E-state index contributed by atoms with van der Waals surface area (Å²) in [6.45, 7) is 3.67. The third kappa shape index (κ3) is 2.24. The Labute approximate surface area is 111 Å². The van der Waals surface area contributed by atoms with Gasteiger partial charge in [0.2, 0.25) is 0 Å². The first-order valence-corrected chi connectivity index (χ1v) is 7.79. The molecule has 6 heteroatoms. The third-order valence-corrected chi connectivity index (χ3v) is 4.77. The first-order chi connectivity index (χ1) is 8.35. The molecule has 4 nitrogen and oxygen atoms in total. The van der Waals surface area contributed by atoms with Gasteiger partial charge in [0.25, 0.3) is 0 Å². The number of allylic oxidation sites excluding steroid dienone is 1. The van der Waals surface area contributed by atoms with E-state index in [1.807, 2.05) is 18.4 Å². The van der Waals surface area contributed by atoms with E-state index in [2.05, 4.69) is 0 Å². The number of halogens is 1. The SMILES string of the molecule is Cc1cc(C(=O)CCl)c(C)n1C1C=CS(=O)(=O)C1. The van der Waals surface area contributed by atoms with Crippen molar-refractivity contribution in [3.05, 3.63) is 34.5 Å². The highest BCUT2D eigenvalue weighted by Crippen LogP contribution is 2.27. The Morgan fingerprint density at radius 2 is 2.17 bits per heavy atom. The van der Waals surface area contributed by atoms with Crippen LogP contribution in [-0.2, 0) is 9.84 Å². The Morgan fingerprint density at radius 1 is 1.50 bits per heavy atom. The molecule has 0 aliphatic carbocycles. The summed E-state index contributed by atoms with van der Waals surface area (Å²) in [6, 6.07) is 1.53. The number of rotatable bonds is 3. The van der Waals surface area contributed by atoms with Gasteiger partial charge in [-0.05, 0) is 26.0 Å². The zero-order valence-corrected chi connectivity index (χ0v) is 11.8. The molecule has 1 aromatic heterocycles. The van der Waals surface area contributed by atoms with Crippen LogP contribution in [0.2, 0.25) is 0 Å². The second kappa shape index (κ2) is 4.55. The largest absolute Gasteiger partial charge is 0.341 e. The molecule has 1 unspecified atom stereocenters. The molecular weight excluding hydrogens is 274 g/mol. The molecule has 0 N–H and O–H groups in total. The van der Waals surface area contributed by atoms with Gasteiger partial charge in [-0.3, -0.25) is 4.79 Å². The fourth-order valence-corrected chi connectivity index (χ4v) is 3.77. The summed E-state index contributed by atoms with van der Waals surface area (Å²) in [5, 5.41) is 1.24.